The monoisotopic (exact) mass is 427 g/mol. The highest BCUT2D eigenvalue weighted by molar-refractivity contribution is 5.98. The third kappa shape index (κ3) is 3.60. The highest BCUT2D eigenvalue weighted by Crippen LogP contribution is 2.39. The van der Waals surface area contributed by atoms with Crippen molar-refractivity contribution in [3.8, 4) is 11.1 Å². The van der Waals surface area contributed by atoms with E-state index in [1.807, 2.05) is 28.0 Å². The molecule has 6 nitrogen and oxygen atoms in total. The molecule has 0 bridgehead atoms. The lowest BCUT2D eigenvalue weighted by Gasteiger charge is -2.33. The van der Waals surface area contributed by atoms with Gasteiger partial charge in [0.1, 0.15) is 5.69 Å². The molecule has 5 rings (SSSR count). The second kappa shape index (κ2) is 8.26. The molecule has 1 saturated heterocycles. The lowest BCUT2D eigenvalue weighted by atomic mass is 9.89. The Morgan fingerprint density at radius 2 is 1.94 bits per heavy atom. The van der Waals surface area contributed by atoms with Crippen LogP contribution in [0.25, 0.3) is 22.0 Å². The number of piperidine rings is 1. The number of aryl methyl sites for hydroxylation is 1. The summed E-state index contributed by atoms with van der Waals surface area (Å²) in [6.45, 7) is 7.71. The second-order valence-electron chi connectivity index (χ2n) is 9.04. The first-order valence-corrected chi connectivity index (χ1v) is 11.4. The molecule has 3 aromatic heterocycles. The fourth-order valence-electron chi connectivity index (χ4n) is 4.92. The topological polar surface area (TPSA) is 66.8 Å². The van der Waals surface area contributed by atoms with Gasteiger partial charge in [-0.15, -0.1) is 0 Å². The highest BCUT2D eigenvalue weighted by Gasteiger charge is 2.30. The molecule has 4 aromatic rings. The van der Waals surface area contributed by atoms with Crippen LogP contribution in [-0.4, -0.2) is 43.6 Å². The van der Waals surface area contributed by atoms with E-state index < -0.39 is 0 Å². The molecule has 0 saturated carbocycles. The summed E-state index contributed by atoms with van der Waals surface area (Å²) in [4.78, 5) is 23.3. The van der Waals surface area contributed by atoms with Gasteiger partial charge in [-0.2, -0.15) is 5.10 Å². The second-order valence-corrected chi connectivity index (χ2v) is 9.04. The van der Waals surface area contributed by atoms with Gasteiger partial charge in [-0.25, -0.2) is 0 Å². The fourth-order valence-corrected chi connectivity index (χ4v) is 4.92. The van der Waals surface area contributed by atoms with E-state index in [1.54, 1.807) is 6.20 Å². The molecule has 0 spiro atoms. The van der Waals surface area contributed by atoms with E-state index in [-0.39, 0.29) is 17.9 Å². The summed E-state index contributed by atoms with van der Waals surface area (Å²) in [6, 6.07) is 12.7. The first kappa shape index (κ1) is 20.5. The lowest BCUT2D eigenvalue weighted by Crippen LogP contribution is -2.40. The van der Waals surface area contributed by atoms with Crippen molar-refractivity contribution >= 4 is 16.8 Å². The molecule has 1 amide bonds. The van der Waals surface area contributed by atoms with Crippen LogP contribution in [-0.2, 0) is 0 Å². The van der Waals surface area contributed by atoms with E-state index in [4.69, 9.17) is 0 Å². The molecule has 1 aliphatic heterocycles. The van der Waals surface area contributed by atoms with E-state index in [2.05, 4.69) is 66.2 Å². The molecule has 1 N–H and O–H groups in total. The Morgan fingerprint density at radius 3 is 2.72 bits per heavy atom. The number of fused-ring (bicyclic) bond motifs is 1. The van der Waals surface area contributed by atoms with Crippen LogP contribution in [0.2, 0.25) is 0 Å². The standard InChI is InChI=1S/C26H29N5O/c1-17(2)31-23(10-13-28-31)26(32)30-14-4-5-20(16-30)25-24(19-8-11-27-12-9-19)21-15-18(3)6-7-22(21)29-25/h6-13,15,17,20,29H,4-5,14,16H2,1-3H3/t20-/m0/s1. The van der Waals surface area contributed by atoms with Gasteiger partial charge >= 0.3 is 0 Å². The summed E-state index contributed by atoms with van der Waals surface area (Å²) >= 11 is 0. The summed E-state index contributed by atoms with van der Waals surface area (Å²) in [5.41, 5.74) is 6.65. The number of rotatable bonds is 4. The summed E-state index contributed by atoms with van der Waals surface area (Å²) in [6.07, 6.45) is 7.44. The largest absolute Gasteiger partial charge is 0.358 e. The Hall–Kier alpha value is -3.41. The minimum atomic E-state index is 0.0679. The maximum absolute atomic E-state index is 13.4. The smallest absolute Gasteiger partial charge is 0.272 e. The number of H-pyrrole nitrogens is 1. The quantitative estimate of drug-likeness (QED) is 0.478. The number of pyridine rings is 1. The van der Waals surface area contributed by atoms with Crippen molar-refractivity contribution in [2.45, 2.75) is 45.6 Å². The Labute approximate surface area is 188 Å². The zero-order chi connectivity index (χ0) is 22.2. The van der Waals surface area contributed by atoms with Crippen LogP contribution in [0.5, 0.6) is 0 Å². The molecule has 0 unspecified atom stereocenters. The van der Waals surface area contributed by atoms with E-state index in [0.717, 1.165) is 30.5 Å². The van der Waals surface area contributed by atoms with Crippen LogP contribution in [0.3, 0.4) is 0 Å². The fraction of sp³-hybridized carbons (Fsp3) is 0.346. The molecule has 164 valence electrons. The average Bonchev–Trinajstić information content (AvgIpc) is 3.44. The maximum Gasteiger partial charge on any atom is 0.272 e. The van der Waals surface area contributed by atoms with Crippen molar-refractivity contribution in [1.82, 2.24) is 24.6 Å². The zero-order valence-electron chi connectivity index (χ0n) is 18.9. The molecule has 1 fully saturated rings. The zero-order valence-corrected chi connectivity index (χ0v) is 18.9. The van der Waals surface area contributed by atoms with Crippen molar-refractivity contribution < 1.29 is 4.79 Å². The van der Waals surface area contributed by atoms with Gasteiger partial charge in [0.2, 0.25) is 0 Å². The summed E-state index contributed by atoms with van der Waals surface area (Å²) in [5, 5.41) is 5.59. The van der Waals surface area contributed by atoms with E-state index in [1.165, 1.54) is 22.2 Å². The predicted molar refractivity (Wildman–Crippen MR) is 127 cm³/mol. The minimum Gasteiger partial charge on any atom is -0.358 e. The van der Waals surface area contributed by atoms with Gasteiger partial charge in [-0.1, -0.05) is 11.6 Å². The molecular weight excluding hydrogens is 398 g/mol. The normalized spacial score (nSPS) is 16.8. The Kier molecular flexibility index (Phi) is 5.29. The van der Waals surface area contributed by atoms with Gasteiger partial charge < -0.3 is 9.88 Å². The molecule has 32 heavy (non-hydrogen) atoms. The predicted octanol–water partition coefficient (Wildman–Crippen LogP) is 5.34. The molecular formula is C26H29N5O. The van der Waals surface area contributed by atoms with Crippen molar-refractivity contribution in [3.05, 3.63) is 71.9 Å². The van der Waals surface area contributed by atoms with Crippen LogP contribution in [0.4, 0.5) is 0 Å². The molecule has 6 heteroatoms. The number of aromatic nitrogens is 4. The number of hydrogen-bond acceptors (Lipinski definition) is 3. The van der Waals surface area contributed by atoms with E-state index in [9.17, 15) is 4.79 Å². The van der Waals surface area contributed by atoms with Crippen LogP contribution in [0, 0.1) is 6.92 Å². The van der Waals surface area contributed by atoms with E-state index >= 15 is 0 Å². The number of benzene rings is 1. The maximum atomic E-state index is 13.4. The minimum absolute atomic E-state index is 0.0679. The van der Waals surface area contributed by atoms with Gasteiger partial charge in [-0.3, -0.25) is 14.5 Å². The molecule has 0 radical (unpaired) electrons. The SMILES string of the molecule is Cc1ccc2[nH]c([C@H]3CCCN(C(=O)c4ccnn4C(C)C)C3)c(-c3ccncc3)c2c1. The van der Waals surface area contributed by atoms with Crippen LogP contribution >= 0.6 is 0 Å². The molecule has 1 aliphatic rings. The molecule has 0 aliphatic carbocycles. The van der Waals surface area contributed by atoms with Crippen LogP contribution in [0.1, 0.15) is 60.4 Å². The summed E-state index contributed by atoms with van der Waals surface area (Å²) in [7, 11) is 0. The number of carbonyl (C=O) groups excluding carboxylic acids is 1. The molecule has 4 heterocycles. The van der Waals surface area contributed by atoms with Gasteiger partial charge in [-0.05, 0) is 69.5 Å². The van der Waals surface area contributed by atoms with Gasteiger partial charge in [0.05, 0.1) is 0 Å². The third-order valence-electron chi connectivity index (χ3n) is 6.45. The number of hydrogen-bond donors (Lipinski definition) is 1. The summed E-state index contributed by atoms with van der Waals surface area (Å²) < 4.78 is 1.82. The lowest BCUT2D eigenvalue weighted by molar-refractivity contribution is 0.0691. The number of nitrogens with zero attached hydrogens (tertiary/aromatic N) is 4. The van der Waals surface area contributed by atoms with Crippen molar-refractivity contribution in [2.75, 3.05) is 13.1 Å². The molecule has 1 aromatic carbocycles. The number of likely N-dealkylation sites (tertiary alicyclic amines) is 1. The Bertz CT molecular complexity index is 1250. The van der Waals surface area contributed by atoms with Crippen LogP contribution < -0.4 is 0 Å². The average molecular weight is 428 g/mol. The van der Waals surface area contributed by atoms with Crippen molar-refractivity contribution in [1.29, 1.82) is 0 Å². The number of carbonyl (C=O) groups is 1. The first-order chi connectivity index (χ1) is 15.5. The number of aromatic amines is 1. The van der Waals surface area contributed by atoms with E-state index in [0.29, 0.717) is 12.2 Å². The highest BCUT2D eigenvalue weighted by atomic mass is 16.2. The number of amides is 1. The summed E-state index contributed by atoms with van der Waals surface area (Å²) in [5.74, 6) is 0.317. The van der Waals surface area contributed by atoms with Gasteiger partial charge in [0.25, 0.3) is 5.91 Å². The first-order valence-electron chi connectivity index (χ1n) is 11.4. The van der Waals surface area contributed by atoms with Gasteiger partial charge in [0, 0.05) is 65.8 Å². The Balaban J connectivity index is 1.53. The van der Waals surface area contributed by atoms with Crippen molar-refractivity contribution in [2.24, 2.45) is 0 Å². The Morgan fingerprint density at radius 1 is 1.12 bits per heavy atom. The number of nitrogens with one attached hydrogen (secondary N) is 1. The third-order valence-corrected chi connectivity index (χ3v) is 6.45. The van der Waals surface area contributed by atoms with Crippen molar-refractivity contribution in [3.63, 3.8) is 0 Å². The van der Waals surface area contributed by atoms with Crippen LogP contribution in [0.15, 0.2) is 55.0 Å². The van der Waals surface area contributed by atoms with Gasteiger partial charge in [0.15, 0.2) is 0 Å². The molecule has 1 atom stereocenters.